The highest BCUT2D eigenvalue weighted by Gasteiger charge is 2.57. The van der Waals surface area contributed by atoms with Crippen molar-refractivity contribution in [1.82, 2.24) is 4.90 Å². The van der Waals surface area contributed by atoms with Crippen molar-refractivity contribution in [3.8, 4) is 0 Å². The number of hydrogen-bond donors (Lipinski definition) is 1. The van der Waals surface area contributed by atoms with Crippen molar-refractivity contribution in [2.75, 3.05) is 13.1 Å². The molecule has 2 aromatic rings. The molecule has 1 saturated heterocycles. The second-order valence-electron chi connectivity index (χ2n) is 9.51. The van der Waals surface area contributed by atoms with Gasteiger partial charge in [-0.25, -0.2) is 4.79 Å². The van der Waals surface area contributed by atoms with Gasteiger partial charge in [-0.15, -0.1) is 0 Å². The molecule has 3 nitrogen and oxygen atoms in total. The van der Waals surface area contributed by atoms with E-state index in [1.54, 1.807) is 23.3 Å². The predicted octanol–water partition coefficient (Wildman–Crippen LogP) is 5.28. The summed E-state index contributed by atoms with van der Waals surface area (Å²) >= 11 is 0. The number of benzene rings is 2. The molecule has 2 atom stereocenters. The normalized spacial score (nSPS) is 26.6. The Bertz CT molecular complexity index is 882. The van der Waals surface area contributed by atoms with E-state index in [2.05, 4.69) is 29.2 Å². The molecule has 0 bridgehead atoms. The molecule has 29 heavy (non-hydrogen) atoms. The lowest BCUT2D eigenvalue weighted by atomic mass is 9.88. The maximum Gasteiger partial charge on any atom is 0.335 e. The molecule has 3 heteroatoms. The van der Waals surface area contributed by atoms with Gasteiger partial charge in [0, 0.05) is 6.54 Å². The third-order valence-electron chi connectivity index (χ3n) is 7.86. The molecule has 2 unspecified atom stereocenters. The number of likely N-dealkylation sites (tertiary alicyclic amines) is 1. The van der Waals surface area contributed by atoms with E-state index >= 15 is 0 Å². The van der Waals surface area contributed by atoms with Gasteiger partial charge in [-0.05, 0) is 97.7 Å². The molecular weight excluding hydrogens is 358 g/mol. The number of carboxylic acids is 1. The minimum absolute atomic E-state index is 0.371. The van der Waals surface area contributed by atoms with E-state index in [9.17, 15) is 4.79 Å². The van der Waals surface area contributed by atoms with Crippen molar-refractivity contribution in [1.29, 1.82) is 0 Å². The Morgan fingerprint density at radius 2 is 1.79 bits per heavy atom. The Morgan fingerprint density at radius 1 is 1.03 bits per heavy atom. The van der Waals surface area contributed by atoms with Crippen LogP contribution in [-0.2, 0) is 18.4 Å². The first-order chi connectivity index (χ1) is 14.1. The van der Waals surface area contributed by atoms with Gasteiger partial charge in [-0.1, -0.05) is 42.8 Å². The van der Waals surface area contributed by atoms with Crippen LogP contribution >= 0.6 is 0 Å². The highest BCUT2D eigenvalue weighted by Crippen LogP contribution is 2.63. The van der Waals surface area contributed by atoms with Gasteiger partial charge in [0.1, 0.15) is 0 Å². The monoisotopic (exact) mass is 389 g/mol. The largest absolute Gasteiger partial charge is 0.478 e. The topological polar surface area (TPSA) is 40.5 Å². The smallest absolute Gasteiger partial charge is 0.335 e. The highest BCUT2D eigenvalue weighted by molar-refractivity contribution is 5.87. The van der Waals surface area contributed by atoms with Gasteiger partial charge in [0.2, 0.25) is 0 Å². The second-order valence-corrected chi connectivity index (χ2v) is 9.51. The van der Waals surface area contributed by atoms with Crippen LogP contribution < -0.4 is 0 Å². The molecule has 2 aromatic carbocycles. The van der Waals surface area contributed by atoms with Gasteiger partial charge < -0.3 is 5.11 Å². The van der Waals surface area contributed by atoms with Crippen LogP contribution in [0.2, 0.25) is 0 Å². The minimum Gasteiger partial charge on any atom is -0.478 e. The lowest BCUT2D eigenvalue weighted by molar-refractivity contribution is 0.0697. The number of hydrogen-bond acceptors (Lipinski definition) is 2. The Morgan fingerprint density at radius 3 is 2.55 bits per heavy atom. The predicted molar refractivity (Wildman–Crippen MR) is 115 cm³/mol. The fourth-order valence-corrected chi connectivity index (χ4v) is 5.99. The van der Waals surface area contributed by atoms with E-state index in [0.29, 0.717) is 11.0 Å². The van der Waals surface area contributed by atoms with Crippen LogP contribution in [0.4, 0.5) is 0 Å². The Kier molecular flexibility index (Phi) is 4.95. The molecule has 0 aromatic heterocycles. The van der Waals surface area contributed by atoms with Gasteiger partial charge >= 0.3 is 5.97 Å². The molecule has 0 amide bonds. The van der Waals surface area contributed by atoms with Crippen molar-refractivity contribution in [2.45, 2.75) is 56.9 Å². The first-order valence-corrected chi connectivity index (χ1v) is 11.3. The molecule has 3 aliphatic rings. The number of nitrogens with zero attached hydrogens (tertiary/aromatic N) is 1. The van der Waals surface area contributed by atoms with Gasteiger partial charge in [0.25, 0.3) is 0 Å². The molecule has 1 saturated carbocycles. The standard InChI is InChI=1S/C26H31NO2/c28-25(29)22-8-5-20(6-9-22)18-27-15-12-19(13-16-27)7-10-23-17-26(23)14-11-21-3-1-2-4-24(21)26/h1-6,8-9,19,23H,7,10-18H2,(H,28,29). The zero-order chi connectivity index (χ0) is 19.8. The van der Waals surface area contributed by atoms with Crippen LogP contribution in [0.15, 0.2) is 48.5 Å². The Labute approximate surface area is 173 Å². The summed E-state index contributed by atoms with van der Waals surface area (Å²) < 4.78 is 0. The number of aryl methyl sites for hydroxylation is 1. The van der Waals surface area contributed by atoms with Crippen LogP contribution in [0, 0.1) is 11.8 Å². The summed E-state index contributed by atoms with van der Waals surface area (Å²) in [6.45, 7) is 3.28. The molecule has 1 spiro atoms. The Hall–Kier alpha value is -2.13. The number of fused-ring (bicyclic) bond motifs is 2. The van der Waals surface area contributed by atoms with Crippen molar-refractivity contribution >= 4 is 5.97 Å². The van der Waals surface area contributed by atoms with E-state index in [4.69, 9.17) is 5.11 Å². The van der Waals surface area contributed by atoms with Crippen molar-refractivity contribution < 1.29 is 9.90 Å². The van der Waals surface area contributed by atoms with Crippen molar-refractivity contribution in [3.05, 3.63) is 70.8 Å². The number of rotatable bonds is 6. The van der Waals surface area contributed by atoms with E-state index in [1.807, 2.05) is 12.1 Å². The quantitative estimate of drug-likeness (QED) is 0.731. The number of aromatic carboxylic acids is 1. The molecule has 2 aliphatic carbocycles. The maximum atomic E-state index is 11.0. The van der Waals surface area contributed by atoms with Crippen LogP contribution in [0.3, 0.4) is 0 Å². The summed E-state index contributed by atoms with van der Waals surface area (Å²) in [6, 6.07) is 16.5. The number of carboxylic acid groups (broad SMARTS) is 1. The van der Waals surface area contributed by atoms with E-state index in [-0.39, 0.29) is 0 Å². The van der Waals surface area contributed by atoms with Crippen molar-refractivity contribution in [3.63, 3.8) is 0 Å². The molecule has 1 heterocycles. The summed E-state index contributed by atoms with van der Waals surface area (Å²) in [5.41, 5.74) is 5.43. The fraction of sp³-hybridized carbons (Fsp3) is 0.500. The molecule has 1 aliphatic heterocycles. The first-order valence-electron chi connectivity index (χ1n) is 11.3. The molecular formula is C26H31NO2. The zero-order valence-electron chi connectivity index (χ0n) is 17.1. The average molecular weight is 390 g/mol. The summed E-state index contributed by atoms with van der Waals surface area (Å²) in [5.74, 6) is 0.961. The SMILES string of the molecule is O=C(O)c1ccc(CN2CCC(CCC3CC34CCc3ccccc34)CC2)cc1. The summed E-state index contributed by atoms with van der Waals surface area (Å²) in [5, 5.41) is 9.03. The van der Waals surface area contributed by atoms with Gasteiger partial charge in [-0.2, -0.15) is 0 Å². The van der Waals surface area contributed by atoms with Crippen LogP contribution in [-0.4, -0.2) is 29.1 Å². The molecule has 5 rings (SSSR count). The highest BCUT2D eigenvalue weighted by atomic mass is 16.4. The first kappa shape index (κ1) is 18.9. The number of carbonyl (C=O) groups is 1. The van der Waals surface area contributed by atoms with E-state index in [1.165, 1.54) is 63.6 Å². The minimum atomic E-state index is -0.851. The molecule has 1 N–H and O–H groups in total. The third-order valence-corrected chi connectivity index (χ3v) is 7.86. The van der Waals surface area contributed by atoms with Gasteiger partial charge in [0.05, 0.1) is 5.56 Å². The fourth-order valence-electron chi connectivity index (χ4n) is 5.99. The average Bonchev–Trinajstić information content (AvgIpc) is 3.33. The Balaban J connectivity index is 1.07. The molecule has 0 radical (unpaired) electrons. The van der Waals surface area contributed by atoms with Crippen LogP contribution in [0.1, 0.15) is 65.6 Å². The second kappa shape index (κ2) is 7.60. The third kappa shape index (κ3) is 3.73. The zero-order valence-corrected chi connectivity index (χ0v) is 17.1. The lowest BCUT2D eigenvalue weighted by Gasteiger charge is -2.32. The van der Waals surface area contributed by atoms with Gasteiger partial charge in [-0.3, -0.25) is 4.90 Å². The maximum absolute atomic E-state index is 11.0. The van der Waals surface area contributed by atoms with Crippen LogP contribution in [0.5, 0.6) is 0 Å². The lowest BCUT2D eigenvalue weighted by Crippen LogP contribution is -2.33. The molecule has 152 valence electrons. The summed E-state index contributed by atoms with van der Waals surface area (Å²) in [4.78, 5) is 13.5. The number of piperidine rings is 1. The van der Waals surface area contributed by atoms with E-state index in [0.717, 1.165) is 18.4 Å². The summed E-state index contributed by atoms with van der Waals surface area (Å²) in [6.07, 6.45) is 9.53. The molecule has 2 fully saturated rings. The summed E-state index contributed by atoms with van der Waals surface area (Å²) in [7, 11) is 0. The van der Waals surface area contributed by atoms with Crippen LogP contribution in [0.25, 0.3) is 0 Å². The van der Waals surface area contributed by atoms with E-state index < -0.39 is 5.97 Å². The van der Waals surface area contributed by atoms with Gasteiger partial charge in [0.15, 0.2) is 0 Å². The van der Waals surface area contributed by atoms with Crippen molar-refractivity contribution in [2.24, 2.45) is 11.8 Å².